The van der Waals surface area contributed by atoms with Gasteiger partial charge in [-0.15, -0.1) is 8.39 Å². The first-order valence-corrected chi connectivity index (χ1v) is 4.48. The molecule has 0 N–H and O–H groups in total. The van der Waals surface area contributed by atoms with Gasteiger partial charge in [-0.25, -0.2) is 4.57 Å². The van der Waals surface area contributed by atoms with E-state index < -0.39 is 7.76 Å². The molecule has 0 saturated heterocycles. The molecule has 0 aromatic rings. The number of rotatable bonds is 0. The molecular weight excluding hydrogens is 169 g/mol. The van der Waals surface area contributed by atoms with Crippen molar-refractivity contribution in [3.63, 3.8) is 0 Å². The summed E-state index contributed by atoms with van der Waals surface area (Å²) >= 11 is 0. The maximum absolute atomic E-state index is 11.7. The Bertz CT molecular complexity index is 273. The van der Waals surface area contributed by atoms with Gasteiger partial charge in [0.05, 0.1) is 0 Å². The highest BCUT2D eigenvalue weighted by atomic mass is 31.2. The smallest absolute Gasteiger partial charge is 0.235 e. The standard InChI is InChI=1S/C7H9F2OP/c1-6(2)7(3)4-5-11(8,9)10/h1-3H3. The number of hydrogen-bond acceptors (Lipinski definition) is 1. The molecule has 0 rings (SSSR count). The minimum atomic E-state index is -5.15. The van der Waals surface area contributed by atoms with Crippen LogP contribution in [0.4, 0.5) is 8.39 Å². The number of hydrogen-bond donors (Lipinski definition) is 0. The van der Waals surface area contributed by atoms with E-state index >= 15 is 0 Å². The fourth-order valence-electron chi connectivity index (χ4n) is 0.274. The van der Waals surface area contributed by atoms with Gasteiger partial charge in [0.15, 0.2) is 0 Å². The van der Waals surface area contributed by atoms with Gasteiger partial charge in [-0.1, -0.05) is 11.5 Å². The first-order valence-electron chi connectivity index (χ1n) is 2.99. The minimum Gasteiger partial charge on any atom is -0.235 e. The van der Waals surface area contributed by atoms with Gasteiger partial charge in [-0.05, 0) is 26.3 Å². The predicted octanol–water partition coefficient (Wildman–Crippen LogP) is 3.44. The molecule has 0 amide bonds. The van der Waals surface area contributed by atoms with E-state index in [0.717, 1.165) is 5.57 Å². The molecule has 0 spiro atoms. The lowest BCUT2D eigenvalue weighted by Gasteiger charge is -1.89. The van der Waals surface area contributed by atoms with Crippen molar-refractivity contribution in [3.8, 4) is 11.6 Å². The van der Waals surface area contributed by atoms with Crippen LogP contribution >= 0.6 is 7.76 Å². The molecular formula is C7H9F2OP. The maximum atomic E-state index is 11.7. The predicted molar refractivity (Wildman–Crippen MR) is 41.6 cm³/mol. The van der Waals surface area contributed by atoms with E-state index in [0.29, 0.717) is 5.57 Å². The van der Waals surface area contributed by atoms with Crippen molar-refractivity contribution in [2.24, 2.45) is 0 Å². The molecule has 0 heterocycles. The Hall–Kier alpha value is -0.610. The SMILES string of the molecule is CC(C)=C(C)C#CP(=O)(F)F. The van der Waals surface area contributed by atoms with Gasteiger partial charge in [-0.2, -0.15) is 0 Å². The van der Waals surface area contributed by atoms with Crippen molar-refractivity contribution in [1.29, 1.82) is 0 Å². The summed E-state index contributed by atoms with van der Waals surface area (Å²) in [6.45, 7) is 5.12. The average molecular weight is 178 g/mol. The van der Waals surface area contributed by atoms with Crippen molar-refractivity contribution in [2.75, 3.05) is 0 Å². The Morgan fingerprint density at radius 1 is 1.27 bits per heavy atom. The van der Waals surface area contributed by atoms with Crippen LogP contribution in [0.15, 0.2) is 11.1 Å². The van der Waals surface area contributed by atoms with Gasteiger partial charge in [-0.3, -0.25) is 0 Å². The molecule has 0 radical (unpaired) electrons. The van der Waals surface area contributed by atoms with E-state index in [4.69, 9.17) is 0 Å². The highest BCUT2D eigenvalue weighted by Crippen LogP contribution is 2.47. The first-order chi connectivity index (χ1) is 4.83. The van der Waals surface area contributed by atoms with E-state index in [9.17, 15) is 13.0 Å². The van der Waals surface area contributed by atoms with Gasteiger partial charge < -0.3 is 0 Å². The van der Waals surface area contributed by atoms with Crippen molar-refractivity contribution in [2.45, 2.75) is 20.8 Å². The van der Waals surface area contributed by atoms with E-state index in [-0.39, 0.29) is 0 Å². The largest absolute Gasteiger partial charge is 0.478 e. The first kappa shape index (κ1) is 10.4. The summed E-state index contributed by atoms with van der Waals surface area (Å²) in [7, 11) is -5.15. The summed E-state index contributed by atoms with van der Waals surface area (Å²) in [6, 6.07) is 0. The third-order valence-electron chi connectivity index (χ3n) is 1.12. The molecule has 4 heteroatoms. The second-order valence-electron chi connectivity index (χ2n) is 2.32. The molecule has 0 saturated carbocycles. The van der Waals surface area contributed by atoms with Gasteiger partial charge >= 0.3 is 7.76 Å². The summed E-state index contributed by atoms with van der Waals surface area (Å²) in [5.74, 6) is 2.14. The van der Waals surface area contributed by atoms with E-state index in [1.165, 1.54) is 5.66 Å². The average Bonchev–Trinajstić information content (AvgIpc) is 1.80. The lowest BCUT2D eigenvalue weighted by atomic mass is 10.2. The maximum Gasteiger partial charge on any atom is 0.478 e. The Balaban J connectivity index is 4.59. The molecule has 1 nitrogen and oxygen atoms in total. The van der Waals surface area contributed by atoms with Crippen LogP contribution in [0.1, 0.15) is 20.8 Å². The molecule has 0 aliphatic rings. The summed E-state index contributed by atoms with van der Waals surface area (Å²) in [5, 5.41) is 0. The normalized spacial score (nSPS) is 9.91. The zero-order chi connectivity index (χ0) is 9.07. The molecule has 0 aliphatic carbocycles. The molecule has 0 fully saturated rings. The van der Waals surface area contributed by atoms with Crippen LogP contribution in [0.3, 0.4) is 0 Å². The molecule has 0 aromatic heterocycles. The van der Waals surface area contributed by atoms with Crippen molar-refractivity contribution in [3.05, 3.63) is 11.1 Å². The minimum absolute atomic E-state index is 0.542. The summed E-state index contributed by atoms with van der Waals surface area (Å²) in [6.07, 6.45) is 0. The molecule has 11 heavy (non-hydrogen) atoms. The Labute approximate surface area is 65.1 Å². The van der Waals surface area contributed by atoms with Crippen LogP contribution in [0.5, 0.6) is 0 Å². The van der Waals surface area contributed by atoms with Crippen LogP contribution in [-0.2, 0) is 4.57 Å². The van der Waals surface area contributed by atoms with Gasteiger partial charge in [0.25, 0.3) is 0 Å². The quantitative estimate of drug-likeness (QED) is 0.410. The third kappa shape index (κ3) is 5.82. The van der Waals surface area contributed by atoms with E-state index in [2.05, 4.69) is 5.92 Å². The van der Waals surface area contributed by atoms with Gasteiger partial charge in [0, 0.05) is 5.66 Å². The van der Waals surface area contributed by atoms with Crippen LogP contribution in [0, 0.1) is 11.6 Å². The van der Waals surface area contributed by atoms with Gasteiger partial charge in [0.1, 0.15) is 0 Å². The Morgan fingerprint density at radius 2 is 1.73 bits per heavy atom. The topological polar surface area (TPSA) is 17.1 Å². The van der Waals surface area contributed by atoms with Crippen LogP contribution in [0.25, 0.3) is 0 Å². The zero-order valence-corrected chi connectivity index (χ0v) is 7.51. The molecule has 0 bridgehead atoms. The summed E-state index contributed by atoms with van der Waals surface area (Å²) < 4.78 is 33.2. The second kappa shape index (κ2) is 3.69. The third-order valence-corrected chi connectivity index (χ3v) is 1.50. The Kier molecular flexibility index (Phi) is 3.48. The number of allylic oxidation sites excluding steroid dienone is 2. The molecule has 0 aliphatic heterocycles. The van der Waals surface area contributed by atoms with Gasteiger partial charge in [0.2, 0.25) is 0 Å². The van der Waals surface area contributed by atoms with Crippen molar-refractivity contribution >= 4 is 7.76 Å². The second-order valence-corrected chi connectivity index (χ2v) is 3.47. The Morgan fingerprint density at radius 3 is 2.00 bits per heavy atom. The molecule has 0 aromatic carbocycles. The van der Waals surface area contributed by atoms with Crippen molar-refractivity contribution < 1.29 is 13.0 Å². The van der Waals surface area contributed by atoms with Crippen LogP contribution < -0.4 is 0 Å². The molecule has 62 valence electrons. The zero-order valence-electron chi connectivity index (χ0n) is 6.61. The van der Waals surface area contributed by atoms with E-state index in [1.54, 1.807) is 20.8 Å². The van der Waals surface area contributed by atoms with Crippen molar-refractivity contribution in [1.82, 2.24) is 0 Å². The summed E-state index contributed by atoms with van der Waals surface area (Å²) in [4.78, 5) is 0. The monoisotopic (exact) mass is 178 g/mol. The number of halogens is 2. The fraction of sp³-hybridized carbons (Fsp3) is 0.429. The highest BCUT2D eigenvalue weighted by molar-refractivity contribution is 7.58. The molecule has 0 unspecified atom stereocenters. The summed E-state index contributed by atoms with van der Waals surface area (Å²) in [5.41, 5.74) is 2.81. The van der Waals surface area contributed by atoms with Crippen LogP contribution in [0.2, 0.25) is 0 Å². The highest BCUT2D eigenvalue weighted by Gasteiger charge is 2.12. The molecule has 0 atom stereocenters. The lowest BCUT2D eigenvalue weighted by molar-refractivity contribution is 0.508. The fourth-order valence-corrected chi connectivity index (χ4v) is 0.572. The van der Waals surface area contributed by atoms with E-state index in [1.807, 2.05) is 0 Å². The van der Waals surface area contributed by atoms with Crippen LogP contribution in [-0.4, -0.2) is 0 Å². The lowest BCUT2D eigenvalue weighted by Crippen LogP contribution is -1.72.